The van der Waals surface area contributed by atoms with E-state index < -0.39 is 124 Å². The first-order chi connectivity index (χ1) is 40.8. The van der Waals surface area contributed by atoms with Crippen LogP contribution < -0.4 is 5.32 Å². The molecule has 17 unspecified atom stereocenters. The number of allylic oxidation sites excluding steroid dienone is 4. The third-order valence-corrected chi connectivity index (χ3v) is 17.0. The smallest absolute Gasteiger partial charge is 0.220 e. The topological polar surface area (TPSA) is 307 Å². The molecular weight excluding hydrogens is 1080 g/mol. The molecule has 1 amide bonds. The number of amides is 1. The van der Waals surface area contributed by atoms with Crippen molar-refractivity contribution in [3.05, 3.63) is 24.3 Å². The Morgan fingerprint density at radius 1 is 0.429 bits per heavy atom. The van der Waals surface area contributed by atoms with Crippen molar-refractivity contribution in [1.29, 1.82) is 0 Å². The van der Waals surface area contributed by atoms with Crippen molar-refractivity contribution >= 4 is 5.91 Å². The molecule has 19 nitrogen and oxygen atoms in total. The van der Waals surface area contributed by atoms with E-state index in [1.54, 1.807) is 0 Å². The van der Waals surface area contributed by atoms with Crippen molar-refractivity contribution in [2.45, 2.75) is 356 Å². The highest BCUT2D eigenvalue weighted by atomic mass is 16.8. The highest BCUT2D eigenvalue weighted by molar-refractivity contribution is 5.76. The quantitative estimate of drug-likeness (QED) is 0.0204. The molecule has 19 heteroatoms. The van der Waals surface area contributed by atoms with Gasteiger partial charge in [0, 0.05) is 6.42 Å². The standard InChI is InChI=1S/C65H121NO18/c1-3-5-7-9-11-13-15-17-18-19-20-21-22-23-24-25-26-27-28-29-30-31-33-35-37-39-41-43-53(71)66-48(49(70)42-40-38-36-34-32-16-14-12-10-8-6-4-2)47-79-63-59(77)56(74)61(51(45-68)81-63)84-65-60(78)57(75)62(52(46-69)82-65)83-64-58(76)55(73)54(72)50(44-67)80-64/h15,17,19-20,48-52,54-65,67-70,72-78H,3-14,16,18,21-47H2,1-2H3,(H,66,71)/b17-15-,20-19-. The van der Waals surface area contributed by atoms with Crippen molar-refractivity contribution in [3.8, 4) is 0 Å². The van der Waals surface area contributed by atoms with Crippen LogP contribution in [0.15, 0.2) is 24.3 Å². The fourth-order valence-corrected chi connectivity index (χ4v) is 11.5. The Morgan fingerprint density at radius 3 is 1.21 bits per heavy atom. The van der Waals surface area contributed by atoms with Crippen LogP contribution in [0.4, 0.5) is 0 Å². The van der Waals surface area contributed by atoms with Gasteiger partial charge in [0.05, 0.1) is 38.6 Å². The van der Waals surface area contributed by atoms with E-state index >= 15 is 0 Å². The number of carbonyl (C=O) groups is 1. The van der Waals surface area contributed by atoms with E-state index in [0.29, 0.717) is 12.8 Å². The SMILES string of the molecule is CCCCCCC/C=C\C/C=C\CCCCCCCCCCCCCCCCCC(=O)NC(COC1OC(CO)C(OC2OC(CO)C(OC3OC(CO)C(O)C(O)C3O)C(O)C2O)C(O)C1O)C(O)CCCCCCCCCCCCCC. The fourth-order valence-electron chi connectivity index (χ4n) is 11.5. The second-order valence-corrected chi connectivity index (χ2v) is 24.3. The molecule has 12 N–H and O–H groups in total. The van der Waals surface area contributed by atoms with E-state index in [0.717, 1.165) is 51.4 Å². The van der Waals surface area contributed by atoms with Crippen LogP contribution >= 0.6 is 0 Å². The lowest BCUT2D eigenvalue weighted by molar-refractivity contribution is -0.379. The summed E-state index contributed by atoms with van der Waals surface area (Å²) in [5.74, 6) is -0.242. The van der Waals surface area contributed by atoms with Crippen molar-refractivity contribution < 1.29 is 89.4 Å². The molecule has 17 atom stereocenters. The summed E-state index contributed by atoms with van der Waals surface area (Å²) >= 11 is 0. The summed E-state index contributed by atoms with van der Waals surface area (Å²) in [5, 5.41) is 120. The number of aliphatic hydroxyl groups is 11. The second kappa shape index (κ2) is 48.2. The highest BCUT2D eigenvalue weighted by Gasteiger charge is 2.53. The van der Waals surface area contributed by atoms with Gasteiger partial charge in [-0.05, 0) is 44.9 Å². The largest absolute Gasteiger partial charge is 0.394 e. The summed E-state index contributed by atoms with van der Waals surface area (Å²) < 4.78 is 34.3. The third kappa shape index (κ3) is 30.7. The average Bonchev–Trinajstić information content (AvgIpc) is 2.98. The lowest BCUT2D eigenvalue weighted by atomic mass is 9.96. The summed E-state index contributed by atoms with van der Waals surface area (Å²) in [6.07, 6.45) is 25.5. The molecular formula is C65H121NO18. The van der Waals surface area contributed by atoms with Crippen molar-refractivity contribution in [1.82, 2.24) is 5.32 Å². The van der Waals surface area contributed by atoms with E-state index in [9.17, 15) is 61.0 Å². The summed E-state index contributed by atoms with van der Waals surface area (Å²) in [6.45, 7) is 1.79. The first-order valence-corrected chi connectivity index (χ1v) is 33.6. The summed E-state index contributed by atoms with van der Waals surface area (Å²) in [6, 6.07) is -0.884. The molecule has 0 saturated carbocycles. The van der Waals surface area contributed by atoms with Crippen molar-refractivity contribution in [2.24, 2.45) is 0 Å². The molecule has 0 aromatic carbocycles. The van der Waals surface area contributed by atoms with Crippen LogP contribution in [0.3, 0.4) is 0 Å². The molecule has 3 saturated heterocycles. The van der Waals surface area contributed by atoms with Crippen LogP contribution in [-0.2, 0) is 33.2 Å². The fraction of sp³-hybridized carbons (Fsp3) is 0.923. The van der Waals surface area contributed by atoms with Gasteiger partial charge in [0.1, 0.15) is 73.2 Å². The molecule has 0 aliphatic carbocycles. The van der Waals surface area contributed by atoms with Crippen LogP contribution in [0.25, 0.3) is 0 Å². The molecule has 3 fully saturated rings. The van der Waals surface area contributed by atoms with Crippen LogP contribution in [0.2, 0.25) is 0 Å². The van der Waals surface area contributed by atoms with E-state index in [1.807, 2.05) is 0 Å². The van der Waals surface area contributed by atoms with Crippen molar-refractivity contribution in [2.75, 3.05) is 26.4 Å². The van der Waals surface area contributed by atoms with Crippen LogP contribution in [0, 0.1) is 0 Å². The maximum absolute atomic E-state index is 13.4. The number of nitrogens with one attached hydrogen (secondary N) is 1. The van der Waals surface area contributed by atoms with Crippen LogP contribution in [-0.4, -0.2) is 193 Å². The Labute approximate surface area is 505 Å². The number of hydrogen-bond donors (Lipinski definition) is 12. The molecule has 3 heterocycles. The predicted molar refractivity (Wildman–Crippen MR) is 323 cm³/mol. The van der Waals surface area contributed by atoms with Gasteiger partial charge in [-0.2, -0.15) is 0 Å². The second-order valence-electron chi connectivity index (χ2n) is 24.3. The monoisotopic (exact) mass is 1200 g/mol. The minimum Gasteiger partial charge on any atom is -0.394 e. The molecule has 494 valence electrons. The molecule has 0 aromatic heterocycles. The van der Waals surface area contributed by atoms with Crippen LogP contribution in [0.5, 0.6) is 0 Å². The first kappa shape index (κ1) is 76.5. The van der Waals surface area contributed by atoms with Gasteiger partial charge in [-0.1, -0.05) is 224 Å². The predicted octanol–water partition coefficient (Wildman–Crippen LogP) is 7.88. The molecule has 0 aromatic rings. The highest BCUT2D eigenvalue weighted by Crippen LogP contribution is 2.33. The summed E-state index contributed by atoms with van der Waals surface area (Å²) in [5.41, 5.74) is 0. The van der Waals surface area contributed by atoms with Crippen LogP contribution in [0.1, 0.15) is 251 Å². The Morgan fingerprint density at radius 2 is 0.786 bits per heavy atom. The average molecular weight is 1200 g/mol. The number of carbonyl (C=O) groups excluding carboxylic acids is 1. The molecule has 3 rings (SSSR count). The van der Waals surface area contributed by atoms with Gasteiger partial charge in [-0.3, -0.25) is 4.79 Å². The van der Waals surface area contributed by atoms with Gasteiger partial charge >= 0.3 is 0 Å². The van der Waals surface area contributed by atoms with Gasteiger partial charge in [0.15, 0.2) is 18.9 Å². The summed E-state index contributed by atoms with van der Waals surface area (Å²) in [7, 11) is 0. The Balaban J connectivity index is 1.39. The molecule has 3 aliphatic rings. The molecule has 3 aliphatic heterocycles. The van der Waals surface area contributed by atoms with Gasteiger partial charge in [-0.25, -0.2) is 0 Å². The Hall–Kier alpha value is -1.73. The molecule has 84 heavy (non-hydrogen) atoms. The molecule has 0 bridgehead atoms. The zero-order valence-corrected chi connectivity index (χ0v) is 51.9. The first-order valence-electron chi connectivity index (χ1n) is 33.6. The van der Waals surface area contributed by atoms with E-state index in [2.05, 4.69) is 43.5 Å². The Kier molecular flexibility index (Phi) is 43.9. The number of ether oxygens (including phenoxy) is 6. The summed E-state index contributed by atoms with van der Waals surface area (Å²) in [4.78, 5) is 13.4. The number of rotatable bonds is 51. The Bertz CT molecular complexity index is 1630. The number of hydrogen-bond acceptors (Lipinski definition) is 18. The zero-order chi connectivity index (χ0) is 61.2. The third-order valence-electron chi connectivity index (χ3n) is 17.0. The van der Waals surface area contributed by atoms with Gasteiger partial charge in [0.25, 0.3) is 0 Å². The number of unbranched alkanes of at least 4 members (excludes halogenated alkanes) is 31. The molecule has 0 radical (unpaired) electrons. The maximum Gasteiger partial charge on any atom is 0.220 e. The maximum atomic E-state index is 13.4. The van der Waals surface area contributed by atoms with E-state index in [4.69, 9.17) is 28.4 Å². The minimum atomic E-state index is -1.97. The zero-order valence-electron chi connectivity index (χ0n) is 51.9. The van der Waals surface area contributed by atoms with Gasteiger partial charge in [0.2, 0.25) is 5.91 Å². The number of aliphatic hydroxyl groups excluding tert-OH is 11. The van der Waals surface area contributed by atoms with Gasteiger partial charge < -0.3 is 89.9 Å². The van der Waals surface area contributed by atoms with E-state index in [1.165, 1.54) is 167 Å². The molecule has 0 spiro atoms. The lowest BCUT2D eigenvalue weighted by Crippen LogP contribution is -2.66. The van der Waals surface area contributed by atoms with E-state index in [-0.39, 0.29) is 18.9 Å². The lowest BCUT2D eigenvalue weighted by Gasteiger charge is -2.48. The minimum absolute atomic E-state index is 0.242. The normalized spacial score (nSPS) is 29.3. The van der Waals surface area contributed by atoms with Crippen molar-refractivity contribution in [3.63, 3.8) is 0 Å². The van der Waals surface area contributed by atoms with Gasteiger partial charge in [-0.15, -0.1) is 0 Å².